The number of hydrogen-bond acceptors (Lipinski definition) is 1. The average molecular weight is 196 g/mol. The van der Waals surface area contributed by atoms with E-state index in [0.29, 0.717) is 5.02 Å². The predicted molar refractivity (Wildman–Crippen MR) is 51.7 cm³/mol. The smallest absolute Gasteiger partial charge is 0.225 e. The van der Waals surface area contributed by atoms with E-state index < -0.39 is 0 Å². The van der Waals surface area contributed by atoms with Crippen molar-refractivity contribution in [3.8, 4) is 0 Å². The van der Waals surface area contributed by atoms with E-state index in [0.717, 1.165) is 24.0 Å². The van der Waals surface area contributed by atoms with Gasteiger partial charge >= 0.3 is 0 Å². The van der Waals surface area contributed by atoms with Crippen LogP contribution in [0.15, 0.2) is 18.2 Å². The number of fused-ring (bicyclic) bond motifs is 1. The summed E-state index contributed by atoms with van der Waals surface area (Å²) < 4.78 is 0. The first-order valence-electron chi connectivity index (χ1n) is 4.26. The molecule has 0 radical (unpaired) electrons. The largest absolute Gasteiger partial charge is 0.369 e. The van der Waals surface area contributed by atoms with E-state index in [1.165, 1.54) is 0 Å². The first-order chi connectivity index (χ1) is 6.20. The Bertz CT molecular complexity index is 362. The van der Waals surface area contributed by atoms with Crippen molar-refractivity contribution in [1.29, 1.82) is 0 Å². The van der Waals surface area contributed by atoms with E-state index in [4.69, 9.17) is 17.3 Å². The fourth-order valence-corrected chi connectivity index (χ4v) is 2.24. The van der Waals surface area contributed by atoms with E-state index in [9.17, 15) is 4.79 Å². The summed E-state index contributed by atoms with van der Waals surface area (Å²) in [5, 5.41) is 0.666. The van der Waals surface area contributed by atoms with Crippen LogP contribution in [-0.2, 0) is 11.2 Å². The van der Waals surface area contributed by atoms with Gasteiger partial charge in [0.15, 0.2) is 0 Å². The van der Waals surface area contributed by atoms with Gasteiger partial charge in [-0.2, -0.15) is 0 Å². The van der Waals surface area contributed by atoms with Crippen LogP contribution in [0.1, 0.15) is 23.5 Å². The normalized spacial score (nSPS) is 19.9. The fourth-order valence-electron chi connectivity index (χ4n) is 1.92. The molecule has 1 aromatic rings. The third-order valence-electron chi connectivity index (χ3n) is 2.54. The maximum absolute atomic E-state index is 11.1. The molecule has 2 rings (SSSR count). The minimum absolute atomic E-state index is 0.177. The molecule has 3 heteroatoms. The molecule has 0 aromatic heterocycles. The first-order valence-corrected chi connectivity index (χ1v) is 4.64. The molecular formula is C10H10ClNO. The van der Waals surface area contributed by atoms with Crippen LogP contribution in [0.3, 0.4) is 0 Å². The Hall–Kier alpha value is -1.02. The number of carbonyl (C=O) groups excluding carboxylic acids is 1. The van der Waals surface area contributed by atoms with E-state index in [-0.39, 0.29) is 11.8 Å². The molecule has 0 bridgehead atoms. The van der Waals surface area contributed by atoms with Crippen LogP contribution < -0.4 is 5.73 Å². The van der Waals surface area contributed by atoms with Gasteiger partial charge in [-0.25, -0.2) is 0 Å². The third-order valence-corrected chi connectivity index (χ3v) is 2.87. The fraction of sp³-hybridized carbons (Fsp3) is 0.300. The van der Waals surface area contributed by atoms with E-state index >= 15 is 0 Å². The van der Waals surface area contributed by atoms with Gasteiger partial charge in [0.2, 0.25) is 5.91 Å². The van der Waals surface area contributed by atoms with Gasteiger partial charge < -0.3 is 5.73 Å². The molecular weight excluding hydrogens is 186 g/mol. The summed E-state index contributed by atoms with van der Waals surface area (Å²) in [4.78, 5) is 11.1. The van der Waals surface area contributed by atoms with Crippen LogP contribution in [0.5, 0.6) is 0 Å². The molecule has 0 aliphatic heterocycles. The molecule has 2 N–H and O–H groups in total. The molecule has 0 saturated carbocycles. The Morgan fingerprint density at radius 3 is 3.00 bits per heavy atom. The standard InChI is InChI=1S/C10H10ClNO/c11-8-3-1-2-6-4-5-7(9(6)8)10(12)13/h1-3,7H,4-5H2,(H2,12,13)/t7-/m1/s1. The molecule has 0 spiro atoms. The van der Waals surface area contributed by atoms with Gasteiger partial charge in [-0.1, -0.05) is 23.7 Å². The van der Waals surface area contributed by atoms with Gasteiger partial charge in [-0.05, 0) is 30.0 Å². The lowest BCUT2D eigenvalue weighted by Gasteiger charge is -2.08. The Morgan fingerprint density at radius 1 is 1.54 bits per heavy atom. The molecule has 0 heterocycles. The second-order valence-corrected chi connectivity index (χ2v) is 3.71. The SMILES string of the molecule is NC(=O)[C@@H]1CCc2cccc(Cl)c21. The molecule has 0 unspecified atom stereocenters. The van der Waals surface area contributed by atoms with Crippen molar-refractivity contribution < 1.29 is 4.79 Å². The highest BCUT2D eigenvalue weighted by Crippen LogP contribution is 2.37. The number of amides is 1. The number of carbonyl (C=O) groups is 1. The minimum atomic E-state index is -0.271. The highest BCUT2D eigenvalue weighted by atomic mass is 35.5. The van der Waals surface area contributed by atoms with Crippen LogP contribution in [-0.4, -0.2) is 5.91 Å². The number of halogens is 1. The lowest BCUT2D eigenvalue weighted by atomic mass is 10.0. The predicted octanol–water partition coefficient (Wildman–Crippen LogP) is 1.86. The van der Waals surface area contributed by atoms with Crippen molar-refractivity contribution in [2.45, 2.75) is 18.8 Å². The Kier molecular flexibility index (Phi) is 2.00. The molecule has 1 atom stereocenters. The summed E-state index contributed by atoms with van der Waals surface area (Å²) in [5.41, 5.74) is 7.39. The molecule has 68 valence electrons. The van der Waals surface area contributed by atoms with E-state index in [1.54, 1.807) is 0 Å². The Labute approximate surface area is 81.7 Å². The number of aryl methyl sites for hydroxylation is 1. The monoisotopic (exact) mass is 195 g/mol. The summed E-state index contributed by atoms with van der Waals surface area (Å²) in [5.74, 6) is -0.449. The van der Waals surface area contributed by atoms with Crippen molar-refractivity contribution in [3.05, 3.63) is 34.3 Å². The topological polar surface area (TPSA) is 43.1 Å². The summed E-state index contributed by atoms with van der Waals surface area (Å²) in [6.07, 6.45) is 1.71. The van der Waals surface area contributed by atoms with Crippen LogP contribution in [0.4, 0.5) is 0 Å². The van der Waals surface area contributed by atoms with Crippen LogP contribution >= 0.6 is 11.6 Å². The minimum Gasteiger partial charge on any atom is -0.369 e. The van der Waals surface area contributed by atoms with E-state index in [2.05, 4.69) is 0 Å². The van der Waals surface area contributed by atoms with Crippen molar-refractivity contribution in [2.24, 2.45) is 5.73 Å². The molecule has 1 aliphatic carbocycles. The average Bonchev–Trinajstić information content (AvgIpc) is 2.49. The van der Waals surface area contributed by atoms with Gasteiger partial charge in [-0.3, -0.25) is 4.79 Å². The highest BCUT2D eigenvalue weighted by molar-refractivity contribution is 6.31. The Balaban J connectivity index is 2.52. The molecule has 2 nitrogen and oxygen atoms in total. The first kappa shape index (κ1) is 8.57. The van der Waals surface area contributed by atoms with Crippen molar-refractivity contribution in [1.82, 2.24) is 0 Å². The number of primary amides is 1. The second kappa shape index (κ2) is 3.04. The number of hydrogen-bond donors (Lipinski definition) is 1. The maximum atomic E-state index is 11.1. The molecule has 0 saturated heterocycles. The van der Waals surface area contributed by atoms with Gasteiger partial charge in [0.05, 0.1) is 5.92 Å². The third kappa shape index (κ3) is 1.31. The van der Waals surface area contributed by atoms with Gasteiger partial charge in [0.25, 0.3) is 0 Å². The van der Waals surface area contributed by atoms with Gasteiger partial charge in [-0.15, -0.1) is 0 Å². The lowest BCUT2D eigenvalue weighted by molar-refractivity contribution is -0.119. The maximum Gasteiger partial charge on any atom is 0.225 e. The number of nitrogens with two attached hydrogens (primary N) is 1. The molecule has 1 amide bonds. The Morgan fingerprint density at radius 2 is 2.31 bits per heavy atom. The van der Waals surface area contributed by atoms with Crippen LogP contribution in [0, 0.1) is 0 Å². The van der Waals surface area contributed by atoms with Gasteiger partial charge in [0.1, 0.15) is 0 Å². The van der Waals surface area contributed by atoms with Crippen molar-refractivity contribution in [3.63, 3.8) is 0 Å². The van der Waals surface area contributed by atoms with Crippen LogP contribution in [0.25, 0.3) is 0 Å². The summed E-state index contributed by atoms with van der Waals surface area (Å²) >= 11 is 6.00. The highest BCUT2D eigenvalue weighted by Gasteiger charge is 2.28. The van der Waals surface area contributed by atoms with Crippen LogP contribution in [0.2, 0.25) is 5.02 Å². The number of benzene rings is 1. The van der Waals surface area contributed by atoms with Crippen molar-refractivity contribution in [2.75, 3.05) is 0 Å². The quantitative estimate of drug-likeness (QED) is 0.730. The van der Waals surface area contributed by atoms with E-state index in [1.807, 2.05) is 18.2 Å². The summed E-state index contributed by atoms with van der Waals surface area (Å²) in [6.45, 7) is 0. The molecule has 1 aromatic carbocycles. The van der Waals surface area contributed by atoms with Gasteiger partial charge in [0, 0.05) is 5.02 Å². The van der Waals surface area contributed by atoms with Crippen molar-refractivity contribution >= 4 is 17.5 Å². The zero-order valence-corrected chi connectivity index (χ0v) is 7.84. The molecule has 0 fully saturated rings. The molecule has 13 heavy (non-hydrogen) atoms. The molecule has 1 aliphatic rings. The number of rotatable bonds is 1. The zero-order chi connectivity index (χ0) is 9.42. The lowest BCUT2D eigenvalue weighted by Crippen LogP contribution is -2.19. The summed E-state index contributed by atoms with van der Waals surface area (Å²) in [6, 6.07) is 5.72. The second-order valence-electron chi connectivity index (χ2n) is 3.31. The summed E-state index contributed by atoms with van der Waals surface area (Å²) in [7, 11) is 0. The zero-order valence-electron chi connectivity index (χ0n) is 7.09.